The minimum absolute atomic E-state index is 0.144. The Labute approximate surface area is 152 Å². The monoisotopic (exact) mass is 533 g/mol. The third-order valence-corrected chi connectivity index (χ3v) is 7.56. The summed E-state index contributed by atoms with van der Waals surface area (Å²) in [5.41, 5.74) is 0.800. The van der Waals surface area contributed by atoms with Crippen LogP contribution in [-0.4, -0.2) is 19.2 Å². The summed E-state index contributed by atoms with van der Waals surface area (Å²) in [6.07, 6.45) is 2.57. The van der Waals surface area contributed by atoms with Crippen LogP contribution < -0.4 is 5.11 Å². The van der Waals surface area contributed by atoms with E-state index in [1.165, 1.54) is 0 Å². The van der Waals surface area contributed by atoms with Gasteiger partial charge in [0.15, 0.2) is 0 Å². The van der Waals surface area contributed by atoms with E-state index in [0.29, 0.717) is 38.6 Å². The summed E-state index contributed by atoms with van der Waals surface area (Å²) in [6, 6.07) is 0. The maximum Gasteiger partial charge on any atom is 0.0730 e. The second-order valence-electron chi connectivity index (χ2n) is 4.11. The number of halogens is 4. The minimum atomic E-state index is -1.21. The second-order valence-corrected chi connectivity index (χ2v) is 7.28. The van der Waals surface area contributed by atoms with Gasteiger partial charge in [0.2, 0.25) is 0 Å². The molecule has 0 aromatic heterocycles. The van der Waals surface area contributed by atoms with Crippen LogP contribution in [0.15, 0.2) is 17.9 Å². The lowest BCUT2D eigenvalue weighted by molar-refractivity contribution is -0.255. The number of carboxylic acid groups (broad SMARTS) is 1. The van der Waals surface area contributed by atoms with Gasteiger partial charge in [-0.2, -0.15) is 0 Å². The van der Waals surface area contributed by atoms with Crippen LogP contribution in [0.1, 0.15) is 35.7 Å². The number of carbonyl (C=O) groups excluding carboxylic acids is 1. The highest BCUT2D eigenvalue weighted by atomic mass is 79.9. The first-order chi connectivity index (χ1) is 9.41. The Morgan fingerprint density at radius 3 is 2.20 bits per heavy atom. The molecular weight excluding hydrogens is 524 g/mol. The van der Waals surface area contributed by atoms with Crippen molar-refractivity contribution in [1.82, 2.24) is 0 Å². The maximum atomic E-state index is 11.4. The summed E-state index contributed by atoms with van der Waals surface area (Å²) in [7, 11) is 0. The highest BCUT2D eigenvalue weighted by molar-refractivity contribution is 9.15. The Hall–Kier alpha value is 0.570. The highest BCUT2D eigenvalue weighted by Gasteiger charge is 2.19. The van der Waals surface area contributed by atoms with E-state index in [4.69, 9.17) is 4.74 Å². The molecule has 0 heterocycles. The number of carbonyl (C=O) groups is 1. The quantitative estimate of drug-likeness (QED) is 0.294. The lowest BCUT2D eigenvalue weighted by Gasteiger charge is -2.18. The lowest BCUT2D eigenvalue weighted by Crippen LogP contribution is -2.25. The molecule has 0 unspecified atom stereocenters. The zero-order valence-corrected chi connectivity index (χ0v) is 17.1. The van der Waals surface area contributed by atoms with Gasteiger partial charge in [-0.3, -0.25) is 0 Å². The average molecular weight is 537 g/mol. The van der Waals surface area contributed by atoms with E-state index in [1.54, 1.807) is 0 Å². The van der Waals surface area contributed by atoms with E-state index < -0.39 is 5.97 Å². The van der Waals surface area contributed by atoms with Crippen molar-refractivity contribution >= 4 is 69.7 Å². The largest absolute Gasteiger partial charge is 0.545 e. The molecule has 7 heteroatoms. The third-order valence-electron chi connectivity index (χ3n) is 2.71. The zero-order chi connectivity index (χ0) is 15.3. The predicted octanol–water partition coefficient (Wildman–Crippen LogP) is 4.46. The van der Waals surface area contributed by atoms with E-state index in [2.05, 4.69) is 70.6 Å². The molecule has 0 saturated heterocycles. The molecule has 0 saturated carbocycles. The lowest BCUT2D eigenvalue weighted by atomic mass is 10.1. The third kappa shape index (κ3) is 4.53. The zero-order valence-electron chi connectivity index (χ0n) is 10.8. The summed E-state index contributed by atoms with van der Waals surface area (Å²) >= 11 is 13.5. The number of carboxylic acids is 1. The van der Waals surface area contributed by atoms with Gasteiger partial charge in [-0.25, -0.2) is 0 Å². The van der Waals surface area contributed by atoms with E-state index in [9.17, 15) is 9.90 Å². The summed E-state index contributed by atoms with van der Waals surface area (Å²) in [5.74, 6) is -1.21. The fourth-order valence-corrected chi connectivity index (χ4v) is 4.21. The summed E-state index contributed by atoms with van der Waals surface area (Å²) in [5, 5.41) is 11.4. The van der Waals surface area contributed by atoms with Gasteiger partial charge < -0.3 is 14.6 Å². The molecule has 1 rings (SSSR count). The van der Waals surface area contributed by atoms with Gasteiger partial charge in [0.1, 0.15) is 0 Å². The second kappa shape index (κ2) is 8.88. The number of ether oxygens (including phenoxy) is 1. The number of benzene rings is 1. The van der Waals surface area contributed by atoms with Crippen molar-refractivity contribution in [3.63, 3.8) is 0 Å². The van der Waals surface area contributed by atoms with Gasteiger partial charge >= 0.3 is 0 Å². The maximum absolute atomic E-state index is 11.4. The first-order valence-corrected chi connectivity index (χ1v) is 9.22. The van der Waals surface area contributed by atoms with Crippen molar-refractivity contribution in [3.8, 4) is 0 Å². The van der Waals surface area contributed by atoms with Crippen LogP contribution in [0.25, 0.3) is 0 Å². The molecule has 0 atom stereocenters. The van der Waals surface area contributed by atoms with Crippen molar-refractivity contribution in [3.05, 3.63) is 29.0 Å². The molecule has 0 spiro atoms. The van der Waals surface area contributed by atoms with Crippen molar-refractivity contribution in [2.75, 3.05) is 13.2 Å². The molecule has 0 amide bonds. The molecule has 0 fully saturated rings. The van der Waals surface area contributed by atoms with Crippen LogP contribution in [-0.2, 0) is 11.2 Å². The van der Waals surface area contributed by atoms with Crippen LogP contribution in [0.3, 0.4) is 0 Å². The number of unbranched alkanes of at least 4 members (excludes halogenated alkanes) is 1. The van der Waals surface area contributed by atoms with E-state index in [1.807, 2.05) is 0 Å². The van der Waals surface area contributed by atoms with Gasteiger partial charge in [-0.05, 0) is 82.1 Å². The average Bonchev–Trinajstić information content (AvgIpc) is 2.41. The number of rotatable bonds is 7. The van der Waals surface area contributed by atoms with E-state index in [-0.39, 0.29) is 5.56 Å². The minimum Gasteiger partial charge on any atom is -0.545 e. The van der Waals surface area contributed by atoms with Crippen molar-refractivity contribution in [1.29, 1.82) is 0 Å². The number of hydrogen-bond donors (Lipinski definition) is 0. The Balaban J connectivity index is 3.01. The summed E-state index contributed by atoms with van der Waals surface area (Å²) < 4.78 is 8.07. The van der Waals surface area contributed by atoms with Crippen molar-refractivity contribution < 1.29 is 14.6 Å². The first-order valence-electron chi connectivity index (χ1n) is 6.05. The fraction of sp³-hybridized carbons (Fsp3) is 0.462. The Morgan fingerprint density at radius 1 is 1.05 bits per heavy atom. The number of aromatic carboxylic acids is 1. The van der Waals surface area contributed by atoms with Gasteiger partial charge in [0.25, 0.3) is 0 Å². The molecule has 0 aliphatic rings. The Morgan fingerprint density at radius 2 is 1.65 bits per heavy atom. The van der Waals surface area contributed by atoms with Gasteiger partial charge in [-0.1, -0.05) is 13.3 Å². The van der Waals surface area contributed by atoms with E-state index >= 15 is 0 Å². The molecule has 20 heavy (non-hydrogen) atoms. The van der Waals surface area contributed by atoms with Crippen LogP contribution in [0, 0.1) is 0 Å². The van der Waals surface area contributed by atoms with Gasteiger partial charge in [0, 0.05) is 30.1 Å². The van der Waals surface area contributed by atoms with Gasteiger partial charge in [0.05, 0.1) is 12.6 Å². The SMILES string of the molecule is CCCCOCCc1c(Br)c(Br)c(Br)c(Br)c1C(=O)[O-]. The Kier molecular flexibility index (Phi) is 8.27. The molecule has 1 aromatic carbocycles. The van der Waals surface area contributed by atoms with Crippen LogP contribution >= 0.6 is 63.7 Å². The molecule has 0 N–H and O–H groups in total. The van der Waals surface area contributed by atoms with Crippen LogP contribution in [0.5, 0.6) is 0 Å². The van der Waals surface area contributed by atoms with Gasteiger partial charge in [-0.15, -0.1) is 0 Å². The predicted molar refractivity (Wildman–Crippen MR) is 91.0 cm³/mol. The van der Waals surface area contributed by atoms with Crippen molar-refractivity contribution in [2.24, 2.45) is 0 Å². The molecule has 0 aliphatic carbocycles. The van der Waals surface area contributed by atoms with Crippen LogP contribution in [0.4, 0.5) is 0 Å². The first kappa shape index (κ1) is 18.6. The molecule has 1 aromatic rings. The molecular formula is C13H13Br4O3-. The molecule has 112 valence electrons. The highest BCUT2D eigenvalue weighted by Crippen LogP contribution is 2.42. The fourth-order valence-electron chi connectivity index (χ4n) is 1.65. The summed E-state index contributed by atoms with van der Waals surface area (Å²) in [6.45, 7) is 3.25. The standard InChI is InChI=1S/C13H14Br4O3/c1-2-3-5-20-6-4-7-8(13(18)19)10(15)12(17)11(16)9(7)14/h2-6H2,1H3,(H,18,19)/p-1. The van der Waals surface area contributed by atoms with E-state index in [0.717, 1.165) is 17.3 Å². The normalized spacial score (nSPS) is 10.8. The topological polar surface area (TPSA) is 49.4 Å². The van der Waals surface area contributed by atoms with Crippen molar-refractivity contribution in [2.45, 2.75) is 26.2 Å². The molecule has 0 radical (unpaired) electrons. The Bertz CT molecular complexity index is 503. The van der Waals surface area contributed by atoms with Crippen LogP contribution in [0.2, 0.25) is 0 Å². The molecule has 0 bridgehead atoms. The summed E-state index contributed by atoms with van der Waals surface area (Å²) in [4.78, 5) is 11.4. The smallest absolute Gasteiger partial charge is 0.0730 e. The number of hydrogen-bond acceptors (Lipinski definition) is 3. The molecule has 0 aliphatic heterocycles. The molecule has 3 nitrogen and oxygen atoms in total.